The zero-order valence-electron chi connectivity index (χ0n) is 5.83. The van der Waals surface area contributed by atoms with E-state index in [9.17, 15) is 4.39 Å². The van der Waals surface area contributed by atoms with Crippen molar-refractivity contribution < 1.29 is 14.2 Å². The van der Waals surface area contributed by atoms with Gasteiger partial charge in [-0.15, -0.1) is 0 Å². The number of hydrogen-bond donors (Lipinski definition) is 2. The van der Waals surface area contributed by atoms with Gasteiger partial charge in [-0.25, -0.2) is 4.39 Å². The zero-order chi connectivity index (χ0) is 7.72. The van der Waals surface area contributed by atoms with Crippen LogP contribution in [0, 0.1) is 0 Å². The molecule has 1 saturated heterocycles. The second-order valence-corrected chi connectivity index (χ2v) is 2.58. The summed E-state index contributed by atoms with van der Waals surface area (Å²) in [6, 6.07) is -0.586. The normalized spacial score (nSPS) is 48.0. The van der Waals surface area contributed by atoms with Crippen molar-refractivity contribution in [2.75, 3.05) is 6.61 Å². The van der Waals surface area contributed by atoms with Gasteiger partial charge in [0.2, 0.25) is 0 Å². The molecule has 0 bridgehead atoms. The summed E-state index contributed by atoms with van der Waals surface area (Å²) < 4.78 is 17.8. The predicted octanol–water partition coefficient (Wildman–Crippen LogP) is -0.569. The first-order valence-electron chi connectivity index (χ1n) is 3.32. The molecule has 0 aromatic heterocycles. The molecule has 0 radical (unpaired) electrons. The van der Waals surface area contributed by atoms with E-state index in [1.165, 1.54) is 0 Å². The monoisotopic (exact) mass is 149 g/mol. The van der Waals surface area contributed by atoms with Gasteiger partial charge in [-0.2, -0.15) is 0 Å². The minimum absolute atomic E-state index is 0.285. The number of nitrogens with two attached hydrogens (primary N) is 1. The van der Waals surface area contributed by atoms with Gasteiger partial charge in [0.05, 0.1) is 18.8 Å². The number of alkyl halides is 1. The van der Waals surface area contributed by atoms with Crippen molar-refractivity contribution >= 4 is 0 Å². The number of rotatable bonds is 1. The molecule has 4 atom stereocenters. The lowest BCUT2D eigenvalue weighted by Gasteiger charge is -2.08. The van der Waals surface area contributed by atoms with Crippen LogP contribution in [0.5, 0.6) is 0 Å². The van der Waals surface area contributed by atoms with E-state index in [1.807, 2.05) is 0 Å². The fourth-order valence-corrected chi connectivity index (χ4v) is 1.09. The Labute approximate surface area is 59.0 Å². The Bertz CT molecular complexity index is 122. The van der Waals surface area contributed by atoms with Crippen LogP contribution in [-0.2, 0) is 4.74 Å². The molecule has 1 aliphatic rings. The highest BCUT2D eigenvalue weighted by Gasteiger charge is 2.39. The molecule has 0 saturated carbocycles. The maximum Gasteiger partial charge on any atom is 0.146 e. The molecule has 1 aliphatic heterocycles. The van der Waals surface area contributed by atoms with Crippen LogP contribution in [-0.4, -0.2) is 36.1 Å². The SMILES string of the molecule is C[C@@H]1O[C@H](CO)[C@H](F)C1N. The Morgan fingerprint density at radius 3 is 2.50 bits per heavy atom. The van der Waals surface area contributed by atoms with Crippen molar-refractivity contribution in [3.63, 3.8) is 0 Å². The third-order valence-electron chi connectivity index (χ3n) is 1.83. The molecule has 10 heavy (non-hydrogen) atoms. The van der Waals surface area contributed by atoms with Crippen LogP contribution in [0.2, 0.25) is 0 Å². The van der Waals surface area contributed by atoms with Gasteiger partial charge in [-0.1, -0.05) is 0 Å². The number of aliphatic hydroxyl groups excluding tert-OH is 1. The van der Waals surface area contributed by atoms with E-state index in [-0.39, 0.29) is 12.7 Å². The van der Waals surface area contributed by atoms with E-state index in [0.29, 0.717) is 0 Å². The van der Waals surface area contributed by atoms with E-state index in [4.69, 9.17) is 15.6 Å². The largest absolute Gasteiger partial charge is 0.394 e. The molecular weight excluding hydrogens is 137 g/mol. The molecule has 4 heteroatoms. The highest BCUT2D eigenvalue weighted by Crippen LogP contribution is 2.21. The summed E-state index contributed by atoms with van der Waals surface area (Å²) in [4.78, 5) is 0. The summed E-state index contributed by atoms with van der Waals surface area (Å²) in [5.74, 6) is 0. The van der Waals surface area contributed by atoms with Crippen molar-refractivity contribution in [2.24, 2.45) is 5.73 Å². The maximum atomic E-state index is 12.8. The second-order valence-electron chi connectivity index (χ2n) is 2.58. The van der Waals surface area contributed by atoms with E-state index in [2.05, 4.69) is 0 Å². The fraction of sp³-hybridized carbons (Fsp3) is 1.00. The minimum atomic E-state index is -1.22. The number of halogens is 1. The quantitative estimate of drug-likeness (QED) is 0.525. The van der Waals surface area contributed by atoms with E-state index >= 15 is 0 Å². The molecule has 3 N–H and O–H groups in total. The molecule has 0 aromatic carbocycles. The summed E-state index contributed by atoms with van der Waals surface area (Å²) in [5.41, 5.74) is 5.38. The Hall–Kier alpha value is -0.190. The van der Waals surface area contributed by atoms with E-state index in [0.717, 1.165) is 0 Å². The third kappa shape index (κ3) is 1.14. The predicted molar refractivity (Wildman–Crippen MR) is 34.3 cm³/mol. The standard InChI is InChI=1S/C6H12FNO2/c1-3-6(8)5(7)4(2-9)10-3/h3-6,9H,2,8H2,1H3/t3-,4+,5-,6?/m0/s1. The average molecular weight is 149 g/mol. The molecular formula is C6H12FNO2. The summed E-state index contributed by atoms with van der Waals surface area (Å²) in [7, 11) is 0. The molecule has 1 rings (SSSR count). The maximum absolute atomic E-state index is 12.8. The van der Waals surface area contributed by atoms with Crippen molar-refractivity contribution in [1.29, 1.82) is 0 Å². The van der Waals surface area contributed by atoms with Gasteiger partial charge < -0.3 is 15.6 Å². The molecule has 0 spiro atoms. The first-order valence-corrected chi connectivity index (χ1v) is 3.32. The number of aliphatic hydroxyl groups is 1. The summed E-state index contributed by atoms with van der Waals surface area (Å²) in [6.45, 7) is 1.41. The highest BCUT2D eigenvalue weighted by atomic mass is 19.1. The lowest BCUT2D eigenvalue weighted by molar-refractivity contribution is 0.000571. The smallest absolute Gasteiger partial charge is 0.146 e. The van der Waals surface area contributed by atoms with Gasteiger partial charge in [0.25, 0.3) is 0 Å². The Morgan fingerprint density at radius 1 is 1.70 bits per heavy atom. The topological polar surface area (TPSA) is 55.5 Å². The van der Waals surface area contributed by atoms with Crippen LogP contribution in [0.1, 0.15) is 6.92 Å². The number of hydrogen-bond acceptors (Lipinski definition) is 3. The van der Waals surface area contributed by atoms with Crippen LogP contribution in [0.15, 0.2) is 0 Å². The highest BCUT2D eigenvalue weighted by molar-refractivity contribution is 4.91. The summed E-state index contributed by atoms with van der Waals surface area (Å²) in [6.07, 6.45) is -2.22. The first-order chi connectivity index (χ1) is 4.66. The zero-order valence-corrected chi connectivity index (χ0v) is 5.83. The van der Waals surface area contributed by atoms with Crippen LogP contribution in [0.4, 0.5) is 4.39 Å². The molecule has 1 fully saturated rings. The molecule has 3 nitrogen and oxygen atoms in total. The van der Waals surface area contributed by atoms with Gasteiger partial charge in [0.1, 0.15) is 12.3 Å². The van der Waals surface area contributed by atoms with Crippen molar-refractivity contribution in [3.8, 4) is 0 Å². The van der Waals surface area contributed by atoms with Crippen LogP contribution in [0.25, 0.3) is 0 Å². The molecule has 1 unspecified atom stereocenters. The first kappa shape index (κ1) is 7.91. The lowest BCUT2D eigenvalue weighted by atomic mass is 10.1. The molecule has 0 aromatic rings. The number of ether oxygens (including phenoxy) is 1. The van der Waals surface area contributed by atoms with E-state index < -0.39 is 18.3 Å². The second kappa shape index (κ2) is 2.82. The van der Waals surface area contributed by atoms with Crippen LogP contribution >= 0.6 is 0 Å². The van der Waals surface area contributed by atoms with Gasteiger partial charge in [-0.3, -0.25) is 0 Å². The average Bonchev–Trinajstić information content (AvgIpc) is 2.17. The lowest BCUT2D eigenvalue weighted by Crippen LogP contribution is -2.37. The van der Waals surface area contributed by atoms with Gasteiger partial charge >= 0.3 is 0 Å². The Balaban J connectivity index is 2.53. The Morgan fingerprint density at radius 2 is 2.30 bits per heavy atom. The molecule has 0 amide bonds. The molecule has 1 heterocycles. The van der Waals surface area contributed by atoms with Crippen molar-refractivity contribution in [2.45, 2.75) is 31.3 Å². The third-order valence-corrected chi connectivity index (χ3v) is 1.83. The van der Waals surface area contributed by atoms with E-state index in [1.54, 1.807) is 6.92 Å². The molecule has 60 valence electrons. The minimum Gasteiger partial charge on any atom is -0.394 e. The van der Waals surface area contributed by atoms with Crippen molar-refractivity contribution in [1.82, 2.24) is 0 Å². The fourth-order valence-electron chi connectivity index (χ4n) is 1.09. The van der Waals surface area contributed by atoms with Crippen molar-refractivity contribution in [3.05, 3.63) is 0 Å². The summed E-state index contributed by atoms with van der Waals surface area (Å²) in [5, 5.41) is 8.55. The van der Waals surface area contributed by atoms with Gasteiger partial charge in [-0.05, 0) is 6.92 Å². The molecule has 0 aliphatic carbocycles. The summed E-state index contributed by atoms with van der Waals surface area (Å²) >= 11 is 0. The van der Waals surface area contributed by atoms with Gasteiger partial charge in [0.15, 0.2) is 0 Å². The van der Waals surface area contributed by atoms with Gasteiger partial charge in [0, 0.05) is 0 Å². The Kier molecular flexibility index (Phi) is 2.23. The van der Waals surface area contributed by atoms with Crippen LogP contribution in [0.3, 0.4) is 0 Å². The van der Waals surface area contributed by atoms with Crippen LogP contribution < -0.4 is 5.73 Å².